The monoisotopic (exact) mass is 324 g/mol. The molecule has 19 heavy (non-hydrogen) atoms. The van der Waals surface area contributed by atoms with E-state index in [1.54, 1.807) is 6.07 Å². The highest BCUT2D eigenvalue weighted by atomic mass is 79.9. The van der Waals surface area contributed by atoms with Crippen LogP contribution in [0.2, 0.25) is 0 Å². The predicted octanol–water partition coefficient (Wildman–Crippen LogP) is 1.51. The van der Waals surface area contributed by atoms with E-state index in [4.69, 9.17) is 0 Å². The second-order valence-corrected chi connectivity index (χ2v) is 4.61. The van der Waals surface area contributed by atoms with Crippen LogP contribution in [-0.2, 0) is 0 Å². The third-order valence-electron chi connectivity index (χ3n) is 2.60. The molecule has 0 fully saturated rings. The lowest BCUT2D eigenvalue weighted by Crippen LogP contribution is -2.21. The third kappa shape index (κ3) is 1.89. The quantitative estimate of drug-likeness (QED) is 0.633. The fourth-order valence-electron chi connectivity index (χ4n) is 1.75. The van der Waals surface area contributed by atoms with Crippen molar-refractivity contribution in [3.63, 3.8) is 0 Å². The summed E-state index contributed by atoms with van der Waals surface area (Å²) in [4.78, 5) is 34.0. The Hall–Kier alpha value is -2.22. The average molecular weight is 325 g/mol. The summed E-state index contributed by atoms with van der Waals surface area (Å²) in [6.45, 7) is 0. The Balaban J connectivity index is 2.33. The van der Waals surface area contributed by atoms with Gasteiger partial charge in [0.1, 0.15) is 17.2 Å². The van der Waals surface area contributed by atoms with Crippen molar-refractivity contribution < 1.29 is 4.39 Å². The lowest BCUT2D eigenvalue weighted by molar-refractivity contribution is 0.621. The highest BCUT2D eigenvalue weighted by Gasteiger charge is 2.13. The molecule has 96 valence electrons. The van der Waals surface area contributed by atoms with Crippen LogP contribution in [0.4, 0.5) is 4.39 Å². The smallest absolute Gasteiger partial charge is 0.327 e. The minimum Gasteiger partial charge on any atom is -0.332 e. The Labute approximate surface area is 112 Å². The highest BCUT2D eigenvalue weighted by molar-refractivity contribution is 9.10. The number of fused-ring (bicyclic) bond motifs is 1. The van der Waals surface area contributed by atoms with Crippen LogP contribution in [0, 0.1) is 5.82 Å². The molecule has 2 aromatic heterocycles. The van der Waals surface area contributed by atoms with Gasteiger partial charge in [0.05, 0.1) is 4.47 Å². The Morgan fingerprint density at radius 1 is 1.16 bits per heavy atom. The van der Waals surface area contributed by atoms with Gasteiger partial charge in [-0.25, -0.2) is 14.2 Å². The first kappa shape index (κ1) is 11.8. The van der Waals surface area contributed by atoms with E-state index in [1.165, 1.54) is 12.1 Å². The van der Waals surface area contributed by atoms with Gasteiger partial charge < -0.3 is 4.98 Å². The van der Waals surface area contributed by atoms with Gasteiger partial charge in [0.25, 0.3) is 5.56 Å². The molecule has 3 N–H and O–H groups in total. The van der Waals surface area contributed by atoms with Crippen LogP contribution in [0.15, 0.2) is 32.3 Å². The highest BCUT2D eigenvalue weighted by Crippen LogP contribution is 2.28. The van der Waals surface area contributed by atoms with E-state index in [-0.39, 0.29) is 21.5 Å². The van der Waals surface area contributed by atoms with Crippen molar-refractivity contribution in [1.82, 2.24) is 19.9 Å². The van der Waals surface area contributed by atoms with Gasteiger partial charge in [-0.3, -0.25) is 14.8 Å². The minimum atomic E-state index is -0.645. The zero-order valence-corrected chi connectivity index (χ0v) is 10.8. The van der Waals surface area contributed by atoms with E-state index in [1.807, 2.05) is 0 Å². The van der Waals surface area contributed by atoms with Crippen LogP contribution in [0.1, 0.15) is 0 Å². The number of nitrogens with zero attached hydrogens (tertiary/aromatic N) is 1. The van der Waals surface area contributed by atoms with Gasteiger partial charge in [0.15, 0.2) is 5.65 Å². The van der Waals surface area contributed by atoms with E-state index < -0.39 is 17.1 Å². The second kappa shape index (κ2) is 4.16. The van der Waals surface area contributed by atoms with Crippen LogP contribution >= 0.6 is 15.9 Å². The number of nitrogens with one attached hydrogen (secondary N) is 3. The topological polar surface area (TPSA) is 94.4 Å². The lowest BCUT2D eigenvalue weighted by Gasteiger charge is -2.00. The number of halogens is 2. The van der Waals surface area contributed by atoms with Crippen LogP contribution in [0.3, 0.4) is 0 Å². The number of hydrogen-bond acceptors (Lipinski definition) is 3. The van der Waals surface area contributed by atoms with Gasteiger partial charge in [-0.2, -0.15) is 0 Å². The van der Waals surface area contributed by atoms with Crippen molar-refractivity contribution in [2.24, 2.45) is 0 Å². The fraction of sp³-hybridized carbons (Fsp3) is 0. The zero-order valence-electron chi connectivity index (χ0n) is 9.25. The molecule has 0 amide bonds. The molecule has 0 aliphatic carbocycles. The molecule has 0 aliphatic heterocycles. The van der Waals surface area contributed by atoms with Crippen molar-refractivity contribution in [2.75, 3.05) is 0 Å². The van der Waals surface area contributed by atoms with Gasteiger partial charge >= 0.3 is 5.69 Å². The van der Waals surface area contributed by atoms with Crippen molar-refractivity contribution in [1.29, 1.82) is 0 Å². The number of aromatic amines is 3. The summed E-state index contributed by atoms with van der Waals surface area (Å²) in [5.41, 5.74) is -0.513. The minimum absolute atomic E-state index is 0.125. The largest absolute Gasteiger partial charge is 0.332 e. The molecule has 0 radical (unpaired) electrons. The zero-order chi connectivity index (χ0) is 13.6. The van der Waals surface area contributed by atoms with Crippen LogP contribution in [-0.4, -0.2) is 19.9 Å². The molecule has 3 aromatic rings. The first-order valence-corrected chi connectivity index (χ1v) is 6.02. The first-order chi connectivity index (χ1) is 9.06. The van der Waals surface area contributed by atoms with Crippen molar-refractivity contribution >= 4 is 27.1 Å². The van der Waals surface area contributed by atoms with Gasteiger partial charge in [-0.15, -0.1) is 0 Å². The molecule has 0 bridgehead atoms. The summed E-state index contributed by atoms with van der Waals surface area (Å²) in [5, 5.41) is 0. The average Bonchev–Trinajstić information content (AvgIpc) is 2.76. The van der Waals surface area contributed by atoms with E-state index in [0.717, 1.165) is 0 Å². The molecule has 0 unspecified atom stereocenters. The Bertz CT molecular complexity index is 896. The SMILES string of the molecule is O=c1[nH]c(=O)c2[nH]c(-c3cccc(F)c3Br)nc2[nH]1. The van der Waals surface area contributed by atoms with Crippen molar-refractivity contribution in [2.45, 2.75) is 0 Å². The Morgan fingerprint density at radius 3 is 2.74 bits per heavy atom. The molecule has 0 atom stereocenters. The maximum absolute atomic E-state index is 13.4. The van der Waals surface area contributed by atoms with E-state index in [9.17, 15) is 14.0 Å². The Morgan fingerprint density at radius 2 is 1.95 bits per heavy atom. The molecule has 0 aliphatic rings. The van der Waals surface area contributed by atoms with Gasteiger partial charge in [-0.1, -0.05) is 6.07 Å². The van der Waals surface area contributed by atoms with E-state index in [0.29, 0.717) is 5.56 Å². The number of rotatable bonds is 1. The number of aromatic nitrogens is 4. The standard InChI is InChI=1S/C11H6BrFN4O2/c12-6-4(2-1-3-5(6)13)8-14-7-9(15-8)16-11(19)17-10(7)18/h1-3H,(H3,14,15,16,17,18,19). The maximum atomic E-state index is 13.4. The van der Waals surface area contributed by atoms with Crippen LogP contribution in [0.5, 0.6) is 0 Å². The predicted molar refractivity (Wildman–Crippen MR) is 70.4 cm³/mol. The molecule has 1 aromatic carbocycles. The molecule has 3 rings (SSSR count). The van der Waals surface area contributed by atoms with Crippen molar-refractivity contribution in [3.05, 3.63) is 49.3 Å². The summed E-state index contributed by atoms with van der Waals surface area (Å²) < 4.78 is 13.7. The second-order valence-electron chi connectivity index (χ2n) is 3.82. The molecule has 0 spiro atoms. The fourth-order valence-corrected chi connectivity index (χ4v) is 2.20. The molecule has 0 saturated heterocycles. The summed E-state index contributed by atoms with van der Waals surface area (Å²) in [7, 11) is 0. The van der Waals surface area contributed by atoms with Crippen molar-refractivity contribution in [3.8, 4) is 11.4 Å². The summed E-state index contributed by atoms with van der Waals surface area (Å²) >= 11 is 3.11. The maximum Gasteiger partial charge on any atom is 0.327 e. The van der Waals surface area contributed by atoms with Crippen LogP contribution in [0.25, 0.3) is 22.6 Å². The van der Waals surface area contributed by atoms with Crippen LogP contribution < -0.4 is 11.2 Å². The summed E-state index contributed by atoms with van der Waals surface area (Å²) in [6, 6.07) is 4.46. The third-order valence-corrected chi connectivity index (χ3v) is 3.40. The molecular weight excluding hydrogens is 319 g/mol. The number of imidazole rings is 1. The normalized spacial score (nSPS) is 11.1. The van der Waals surface area contributed by atoms with Gasteiger partial charge in [0, 0.05) is 5.56 Å². The lowest BCUT2D eigenvalue weighted by atomic mass is 10.2. The molecule has 2 heterocycles. The van der Waals surface area contributed by atoms with Gasteiger partial charge in [-0.05, 0) is 28.1 Å². The first-order valence-electron chi connectivity index (χ1n) is 5.23. The van der Waals surface area contributed by atoms with E-state index >= 15 is 0 Å². The summed E-state index contributed by atoms with van der Waals surface area (Å²) in [6.07, 6.45) is 0. The number of hydrogen-bond donors (Lipinski definition) is 3. The van der Waals surface area contributed by atoms with Gasteiger partial charge in [0.2, 0.25) is 0 Å². The molecule has 6 nitrogen and oxygen atoms in total. The number of H-pyrrole nitrogens is 3. The summed E-state index contributed by atoms with van der Waals surface area (Å²) in [5.74, 6) is -0.158. The Kier molecular flexibility index (Phi) is 2.59. The molecular formula is C11H6BrFN4O2. The molecule has 0 saturated carbocycles. The molecule has 8 heteroatoms. The number of benzene rings is 1. The van der Waals surface area contributed by atoms with E-state index in [2.05, 4.69) is 35.9 Å².